The number of hydrogen-bond donors (Lipinski definition) is 1. The highest BCUT2D eigenvalue weighted by molar-refractivity contribution is 5.21. The van der Waals surface area contributed by atoms with Gasteiger partial charge in [0, 0.05) is 23.5 Å². The van der Waals surface area contributed by atoms with Crippen LogP contribution in [-0.2, 0) is 6.61 Å². The van der Waals surface area contributed by atoms with Gasteiger partial charge in [0.2, 0.25) is 5.88 Å². The molecule has 16 heavy (non-hydrogen) atoms. The second kappa shape index (κ2) is 4.61. The molecule has 0 amide bonds. The molecular weight excluding hydrogens is 204 g/mol. The lowest BCUT2D eigenvalue weighted by atomic mass is 10.3. The topological polar surface area (TPSA) is 55.2 Å². The predicted octanol–water partition coefficient (Wildman–Crippen LogP) is 2.07. The molecule has 0 saturated carbocycles. The van der Waals surface area contributed by atoms with Crippen LogP contribution in [0.2, 0.25) is 0 Å². The standard InChI is InChI=1S/C12H12N2O2/c1-9-2-3-10(6-13-9)8-16-12-5-4-11(15)7-14-12/h2-7,15H,8H2,1H3. The molecule has 0 radical (unpaired) electrons. The fourth-order valence-electron chi connectivity index (χ4n) is 1.20. The van der Waals surface area contributed by atoms with E-state index in [-0.39, 0.29) is 5.75 Å². The van der Waals surface area contributed by atoms with Crippen molar-refractivity contribution < 1.29 is 9.84 Å². The van der Waals surface area contributed by atoms with Crippen LogP contribution in [0, 0.1) is 6.92 Å². The van der Waals surface area contributed by atoms with Crippen LogP contribution >= 0.6 is 0 Å². The van der Waals surface area contributed by atoms with E-state index in [2.05, 4.69) is 9.97 Å². The molecule has 0 unspecified atom stereocenters. The van der Waals surface area contributed by atoms with Crippen molar-refractivity contribution in [2.75, 3.05) is 0 Å². The Morgan fingerprint density at radius 3 is 2.62 bits per heavy atom. The third-order valence-corrected chi connectivity index (χ3v) is 2.08. The summed E-state index contributed by atoms with van der Waals surface area (Å²) >= 11 is 0. The summed E-state index contributed by atoms with van der Waals surface area (Å²) in [6, 6.07) is 7.05. The molecule has 0 aliphatic rings. The van der Waals surface area contributed by atoms with Crippen molar-refractivity contribution in [2.45, 2.75) is 13.5 Å². The molecule has 0 fully saturated rings. The van der Waals surface area contributed by atoms with Crippen molar-refractivity contribution in [3.05, 3.63) is 47.9 Å². The van der Waals surface area contributed by atoms with Crippen molar-refractivity contribution in [1.29, 1.82) is 0 Å². The predicted molar refractivity (Wildman–Crippen MR) is 59.2 cm³/mol. The molecule has 0 aliphatic carbocycles. The summed E-state index contributed by atoms with van der Waals surface area (Å²) in [4.78, 5) is 8.08. The summed E-state index contributed by atoms with van der Waals surface area (Å²) in [5.41, 5.74) is 1.96. The molecule has 4 nitrogen and oxygen atoms in total. The molecule has 0 aliphatic heterocycles. The number of hydrogen-bond acceptors (Lipinski definition) is 4. The highest BCUT2D eigenvalue weighted by atomic mass is 16.5. The summed E-state index contributed by atoms with van der Waals surface area (Å²) in [5.74, 6) is 0.614. The van der Waals surface area contributed by atoms with Crippen LogP contribution in [0.15, 0.2) is 36.7 Å². The van der Waals surface area contributed by atoms with Gasteiger partial charge in [-0.25, -0.2) is 4.98 Å². The lowest BCUT2D eigenvalue weighted by Crippen LogP contribution is -1.97. The number of aromatic hydroxyl groups is 1. The molecule has 0 atom stereocenters. The zero-order valence-corrected chi connectivity index (χ0v) is 8.92. The minimum atomic E-state index is 0.129. The maximum absolute atomic E-state index is 9.04. The van der Waals surface area contributed by atoms with Gasteiger partial charge in [-0.05, 0) is 19.1 Å². The van der Waals surface area contributed by atoms with Crippen LogP contribution in [-0.4, -0.2) is 15.1 Å². The quantitative estimate of drug-likeness (QED) is 0.853. The van der Waals surface area contributed by atoms with Crippen LogP contribution in [0.4, 0.5) is 0 Å². The Balaban J connectivity index is 1.97. The number of pyridine rings is 2. The Kier molecular flexibility index (Phi) is 3.00. The van der Waals surface area contributed by atoms with E-state index < -0.39 is 0 Å². The second-order valence-corrected chi connectivity index (χ2v) is 3.45. The van der Waals surface area contributed by atoms with Crippen LogP contribution in [0.3, 0.4) is 0 Å². The Hall–Kier alpha value is -2.10. The largest absolute Gasteiger partial charge is 0.506 e. The summed E-state index contributed by atoms with van der Waals surface area (Å²) < 4.78 is 5.42. The van der Waals surface area contributed by atoms with Gasteiger partial charge in [-0.15, -0.1) is 0 Å². The third-order valence-electron chi connectivity index (χ3n) is 2.08. The zero-order valence-electron chi connectivity index (χ0n) is 8.92. The van der Waals surface area contributed by atoms with Crippen LogP contribution in [0.5, 0.6) is 11.6 Å². The van der Waals surface area contributed by atoms with Gasteiger partial charge in [0.25, 0.3) is 0 Å². The summed E-state index contributed by atoms with van der Waals surface area (Å²) in [5, 5.41) is 9.04. The molecule has 2 rings (SSSR count). The Morgan fingerprint density at radius 2 is 2.00 bits per heavy atom. The first-order valence-electron chi connectivity index (χ1n) is 4.93. The van der Waals surface area contributed by atoms with Crippen molar-refractivity contribution in [1.82, 2.24) is 9.97 Å². The summed E-state index contributed by atoms with van der Waals surface area (Å²) in [7, 11) is 0. The van der Waals surface area contributed by atoms with Crippen LogP contribution < -0.4 is 4.74 Å². The maximum Gasteiger partial charge on any atom is 0.213 e. The van der Waals surface area contributed by atoms with Gasteiger partial charge in [-0.2, -0.15) is 0 Å². The van der Waals surface area contributed by atoms with E-state index in [1.54, 1.807) is 12.3 Å². The Bertz CT molecular complexity index is 406. The molecule has 0 saturated heterocycles. The van der Waals surface area contributed by atoms with E-state index in [0.29, 0.717) is 12.5 Å². The molecule has 82 valence electrons. The fraction of sp³-hybridized carbons (Fsp3) is 0.167. The van der Waals surface area contributed by atoms with Crippen LogP contribution in [0.25, 0.3) is 0 Å². The molecule has 1 N–H and O–H groups in total. The van der Waals surface area contributed by atoms with E-state index >= 15 is 0 Å². The third kappa shape index (κ3) is 2.70. The van der Waals surface area contributed by atoms with Crippen molar-refractivity contribution >= 4 is 0 Å². The molecule has 2 aromatic rings. The molecule has 0 aromatic carbocycles. The fourth-order valence-corrected chi connectivity index (χ4v) is 1.20. The summed E-state index contributed by atoms with van der Waals surface area (Å²) in [6.07, 6.45) is 3.12. The lowest BCUT2D eigenvalue weighted by Gasteiger charge is -2.04. The number of nitrogens with zero attached hydrogens (tertiary/aromatic N) is 2. The molecule has 0 spiro atoms. The highest BCUT2D eigenvalue weighted by Crippen LogP contribution is 2.13. The van der Waals surface area contributed by atoms with E-state index in [1.807, 2.05) is 19.1 Å². The number of ether oxygens (including phenoxy) is 1. The molecule has 2 aromatic heterocycles. The molecular formula is C12H12N2O2. The monoisotopic (exact) mass is 216 g/mol. The van der Waals surface area contributed by atoms with E-state index in [4.69, 9.17) is 9.84 Å². The normalized spacial score (nSPS) is 10.1. The summed E-state index contributed by atoms with van der Waals surface area (Å²) in [6.45, 7) is 2.36. The van der Waals surface area contributed by atoms with Gasteiger partial charge in [-0.1, -0.05) is 6.07 Å². The van der Waals surface area contributed by atoms with Crippen molar-refractivity contribution in [3.8, 4) is 11.6 Å². The second-order valence-electron chi connectivity index (χ2n) is 3.45. The highest BCUT2D eigenvalue weighted by Gasteiger charge is 1.97. The first-order valence-corrected chi connectivity index (χ1v) is 4.93. The minimum absolute atomic E-state index is 0.129. The number of aromatic nitrogens is 2. The van der Waals surface area contributed by atoms with Crippen LogP contribution in [0.1, 0.15) is 11.3 Å². The van der Waals surface area contributed by atoms with Gasteiger partial charge in [-0.3, -0.25) is 4.98 Å². The van der Waals surface area contributed by atoms with E-state index in [9.17, 15) is 0 Å². The van der Waals surface area contributed by atoms with E-state index in [1.165, 1.54) is 12.3 Å². The minimum Gasteiger partial charge on any atom is -0.506 e. The van der Waals surface area contributed by atoms with Gasteiger partial charge < -0.3 is 9.84 Å². The SMILES string of the molecule is Cc1ccc(COc2ccc(O)cn2)cn1. The zero-order chi connectivity index (χ0) is 11.4. The molecule has 4 heteroatoms. The molecule has 0 bridgehead atoms. The van der Waals surface area contributed by atoms with E-state index in [0.717, 1.165) is 11.3 Å². The lowest BCUT2D eigenvalue weighted by molar-refractivity contribution is 0.292. The van der Waals surface area contributed by atoms with Gasteiger partial charge in [0.15, 0.2) is 0 Å². The van der Waals surface area contributed by atoms with Gasteiger partial charge in [0.05, 0.1) is 6.20 Å². The Labute approximate surface area is 93.6 Å². The average Bonchev–Trinajstić information content (AvgIpc) is 2.30. The smallest absolute Gasteiger partial charge is 0.213 e. The Morgan fingerprint density at radius 1 is 1.12 bits per heavy atom. The molecule has 2 heterocycles. The first-order chi connectivity index (χ1) is 7.74. The number of aryl methyl sites for hydroxylation is 1. The number of rotatable bonds is 3. The van der Waals surface area contributed by atoms with Gasteiger partial charge >= 0.3 is 0 Å². The van der Waals surface area contributed by atoms with Gasteiger partial charge in [0.1, 0.15) is 12.4 Å². The average molecular weight is 216 g/mol. The van der Waals surface area contributed by atoms with Crippen molar-refractivity contribution in [2.24, 2.45) is 0 Å². The van der Waals surface area contributed by atoms with Crippen molar-refractivity contribution in [3.63, 3.8) is 0 Å². The maximum atomic E-state index is 9.04. The first kappa shape index (κ1) is 10.4.